The first-order valence-corrected chi connectivity index (χ1v) is 9.40. The molecular formula is C17H18BrClN4O2S. The Labute approximate surface area is 170 Å². The maximum absolute atomic E-state index is 11.0. The van der Waals surface area contributed by atoms with E-state index in [2.05, 4.69) is 48.7 Å². The highest BCUT2D eigenvalue weighted by Gasteiger charge is 2.19. The van der Waals surface area contributed by atoms with Crippen LogP contribution in [0.15, 0.2) is 41.0 Å². The summed E-state index contributed by atoms with van der Waals surface area (Å²) in [6.45, 7) is 3.36. The van der Waals surface area contributed by atoms with Crippen LogP contribution in [0.2, 0.25) is 5.02 Å². The number of rotatable bonds is 3. The molecule has 3 rings (SSSR count). The number of carboxylic acids is 1. The third kappa shape index (κ3) is 5.30. The second-order valence-corrected chi connectivity index (χ2v) is 7.01. The van der Waals surface area contributed by atoms with Crippen LogP contribution in [0.3, 0.4) is 0 Å². The fourth-order valence-electron chi connectivity index (χ4n) is 2.63. The molecular weight excluding hydrogens is 440 g/mol. The van der Waals surface area contributed by atoms with Gasteiger partial charge in [-0.15, -0.1) is 0 Å². The van der Waals surface area contributed by atoms with E-state index in [1.807, 2.05) is 18.2 Å². The summed E-state index contributed by atoms with van der Waals surface area (Å²) >= 11 is 13.6. The van der Waals surface area contributed by atoms with Crippen LogP contribution in [0.1, 0.15) is 10.4 Å². The van der Waals surface area contributed by atoms with E-state index in [-0.39, 0.29) is 10.6 Å². The molecule has 26 heavy (non-hydrogen) atoms. The molecule has 0 radical (unpaired) electrons. The van der Waals surface area contributed by atoms with E-state index >= 15 is 0 Å². The van der Waals surface area contributed by atoms with Crippen molar-refractivity contribution in [3.8, 4) is 0 Å². The number of thiocarbonyl (C=S) groups is 1. The number of anilines is 2. The van der Waals surface area contributed by atoms with Gasteiger partial charge in [0.05, 0.1) is 16.1 Å². The van der Waals surface area contributed by atoms with Gasteiger partial charge in [0.15, 0.2) is 0 Å². The second kappa shape index (κ2) is 9.70. The number of carbonyl (C=O) groups is 1. The molecule has 1 aliphatic rings. The SMILES string of the molecule is NC=S.O=C(O)c1ccc(N2CCN(c3cc(Br)ccn3)CC2)cc1Cl. The first-order valence-electron chi connectivity index (χ1n) is 7.76. The minimum atomic E-state index is -1.01. The van der Waals surface area contributed by atoms with Crippen molar-refractivity contribution in [1.82, 2.24) is 4.98 Å². The number of piperazine rings is 1. The Morgan fingerprint density at radius 2 is 1.85 bits per heavy atom. The normalized spacial score (nSPS) is 13.6. The van der Waals surface area contributed by atoms with Crippen LogP contribution in [-0.4, -0.2) is 47.7 Å². The van der Waals surface area contributed by atoms with Crippen molar-refractivity contribution in [3.05, 3.63) is 51.6 Å². The molecule has 0 bridgehead atoms. The first-order chi connectivity index (χ1) is 12.5. The number of nitrogens with zero attached hydrogens (tertiary/aromatic N) is 3. The Hall–Kier alpha value is -1.90. The topological polar surface area (TPSA) is 82.7 Å². The van der Waals surface area contributed by atoms with E-state index in [4.69, 9.17) is 16.7 Å². The van der Waals surface area contributed by atoms with Crippen LogP contribution < -0.4 is 15.5 Å². The molecule has 9 heteroatoms. The third-order valence-electron chi connectivity index (χ3n) is 3.86. The number of hydrogen-bond acceptors (Lipinski definition) is 5. The van der Waals surface area contributed by atoms with Crippen molar-refractivity contribution in [2.45, 2.75) is 0 Å². The standard InChI is InChI=1S/C16H15BrClN3O2.CH3NS/c17-11-3-4-19-15(9-11)21-7-5-20(6-8-21)12-1-2-13(16(22)23)14(18)10-12;2-1-3/h1-4,9-10H,5-8H2,(H,22,23);1H,(H2,2,3). The zero-order chi connectivity index (χ0) is 19.1. The highest BCUT2D eigenvalue weighted by atomic mass is 79.9. The summed E-state index contributed by atoms with van der Waals surface area (Å²) in [4.78, 5) is 19.8. The molecule has 138 valence electrons. The molecule has 1 fully saturated rings. The lowest BCUT2D eigenvalue weighted by Crippen LogP contribution is -2.46. The van der Waals surface area contributed by atoms with E-state index in [1.54, 1.807) is 18.3 Å². The summed E-state index contributed by atoms with van der Waals surface area (Å²) in [7, 11) is 0. The molecule has 1 aromatic heterocycles. The zero-order valence-corrected chi connectivity index (χ0v) is 17.0. The predicted molar refractivity (Wildman–Crippen MR) is 113 cm³/mol. The van der Waals surface area contributed by atoms with E-state index in [1.165, 1.54) is 0 Å². The van der Waals surface area contributed by atoms with E-state index < -0.39 is 5.97 Å². The van der Waals surface area contributed by atoms with E-state index in [0.29, 0.717) is 0 Å². The highest BCUT2D eigenvalue weighted by molar-refractivity contribution is 9.10. The van der Waals surface area contributed by atoms with Gasteiger partial charge >= 0.3 is 5.97 Å². The van der Waals surface area contributed by atoms with Crippen molar-refractivity contribution in [3.63, 3.8) is 0 Å². The van der Waals surface area contributed by atoms with Gasteiger partial charge in [-0.25, -0.2) is 9.78 Å². The largest absolute Gasteiger partial charge is 0.478 e. The lowest BCUT2D eigenvalue weighted by atomic mass is 10.1. The van der Waals surface area contributed by atoms with Gasteiger partial charge < -0.3 is 20.6 Å². The van der Waals surface area contributed by atoms with Crippen molar-refractivity contribution in [1.29, 1.82) is 0 Å². The minimum Gasteiger partial charge on any atom is -0.478 e. The van der Waals surface area contributed by atoms with Gasteiger partial charge in [-0.1, -0.05) is 39.7 Å². The number of pyridine rings is 1. The molecule has 3 N–H and O–H groups in total. The number of carboxylic acid groups (broad SMARTS) is 1. The van der Waals surface area contributed by atoms with Gasteiger partial charge in [0, 0.05) is 42.5 Å². The molecule has 0 atom stereocenters. The molecule has 1 saturated heterocycles. The Bertz CT molecular complexity index is 785. The maximum Gasteiger partial charge on any atom is 0.337 e. The van der Waals surface area contributed by atoms with Crippen LogP contribution >= 0.6 is 39.7 Å². The smallest absolute Gasteiger partial charge is 0.337 e. The monoisotopic (exact) mass is 456 g/mol. The van der Waals surface area contributed by atoms with Crippen molar-refractivity contribution in [2.24, 2.45) is 5.73 Å². The summed E-state index contributed by atoms with van der Waals surface area (Å²) in [5, 5.41) is 9.30. The Morgan fingerprint density at radius 3 is 2.38 bits per heavy atom. The fourth-order valence-corrected chi connectivity index (χ4v) is 3.21. The van der Waals surface area contributed by atoms with Gasteiger partial charge in [-0.05, 0) is 30.3 Å². The van der Waals surface area contributed by atoms with Crippen LogP contribution in [0.5, 0.6) is 0 Å². The Kier molecular flexibility index (Phi) is 7.62. The summed E-state index contributed by atoms with van der Waals surface area (Å²) < 4.78 is 1.01. The molecule has 6 nitrogen and oxygen atoms in total. The quantitative estimate of drug-likeness (QED) is 0.683. The molecule has 0 spiro atoms. The maximum atomic E-state index is 11.0. The van der Waals surface area contributed by atoms with Crippen molar-refractivity contribution >= 4 is 62.7 Å². The summed E-state index contributed by atoms with van der Waals surface area (Å²) in [5.41, 5.74) is 6.70. The van der Waals surface area contributed by atoms with Gasteiger partial charge in [0.1, 0.15) is 5.82 Å². The predicted octanol–water partition coefficient (Wildman–Crippen LogP) is 3.42. The molecule has 0 aliphatic carbocycles. The van der Waals surface area contributed by atoms with Gasteiger partial charge in [0.2, 0.25) is 0 Å². The number of benzene rings is 1. The van der Waals surface area contributed by atoms with E-state index in [0.717, 1.165) is 47.6 Å². The molecule has 2 aromatic rings. The van der Waals surface area contributed by atoms with Crippen LogP contribution in [-0.2, 0) is 0 Å². The highest BCUT2D eigenvalue weighted by Crippen LogP contribution is 2.26. The molecule has 0 saturated carbocycles. The van der Waals surface area contributed by atoms with Gasteiger partial charge in [0.25, 0.3) is 0 Å². The number of aromatic nitrogens is 1. The first kappa shape index (κ1) is 20.4. The number of nitrogens with two attached hydrogens (primary N) is 1. The summed E-state index contributed by atoms with van der Waals surface area (Å²) in [5.74, 6) is -0.0506. The molecule has 2 heterocycles. The van der Waals surface area contributed by atoms with Crippen LogP contribution in [0.4, 0.5) is 11.5 Å². The number of hydrogen-bond donors (Lipinski definition) is 2. The van der Waals surface area contributed by atoms with Crippen LogP contribution in [0, 0.1) is 0 Å². The Balaban J connectivity index is 0.000000758. The molecule has 0 unspecified atom stereocenters. The van der Waals surface area contributed by atoms with Crippen LogP contribution in [0.25, 0.3) is 0 Å². The molecule has 1 aromatic carbocycles. The lowest BCUT2D eigenvalue weighted by molar-refractivity contribution is 0.0697. The van der Waals surface area contributed by atoms with Crippen molar-refractivity contribution in [2.75, 3.05) is 36.0 Å². The average molecular weight is 458 g/mol. The summed E-state index contributed by atoms with van der Waals surface area (Å²) in [6, 6.07) is 9.00. The van der Waals surface area contributed by atoms with Gasteiger partial charge in [-0.2, -0.15) is 0 Å². The lowest BCUT2D eigenvalue weighted by Gasteiger charge is -2.36. The fraction of sp³-hybridized carbons (Fsp3) is 0.235. The minimum absolute atomic E-state index is 0.132. The third-order valence-corrected chi connectivity index (χ3v) is 4.67. The average Bonchev–Trinajstić information content (AvgIpc) is 2.62. The summed E-state index contributed by atoms with van der Waals surface area (Å²) in [6.07, 6.45) is 1.79. The second-order valence-electron chi connectivity index (χ2n) is 5.41. The van der Waals surface area contributed by atoms with Crippen molar-refractivity contribution < 1.29 is 9.90 Å². The number of halogens is 2. The molecule has 1 aliphatic heterocycles. The molecule has 0 amide bonds. The zero-order valence-electron chi connectivity index (χ0n) is 13.8. The van der Waals surface area contributed by atoms with Gasteiger partial charge in [-0.3, -0.25) is 0 Å². The number of aromatic carboxylic acids is 1. The Morgan fingerprint density at radius 1 is 1.23 bits per heavy atom. The van der Waals surface area contributed by atoms with E-state index in [9.17, 15) is 4.79 Å².